The Morgan fingerprint density at radius 2 is 1.79 bits per heavy atom. The van der Waals surface area contributed by atoms with Gasteiger partial charge in [0.15, 0.2) is 0 Å². The minimum absolute atomic E-state index is 0.111. The average molecular weight is 324 g/mol. The first kappa shape index (κ1) is 17.7. The zero-order valence-corrected chi connectivity index (χ0v) is 14.2. The topological polar surface area (TPSA) is 55.2 Å². The van der Waals surface area contributed by atoms with Gasteiger partial charge in [0.25, 0.3) is 5.69 Å². The predicted molar refractivity (Wildman–Crippen MR) is 101 cm³/mol. The van der Waals surface area contributed by atoms with E-state index in [-0.39, 0.29) is 10.6 Å². The Hall–Kier alpha value is -2.62. The summed E-state index contributed by atoms with van der Waals surface area (Å²) in [7, 11) is 0. The van der Waals surface area contributed by atoms with Crippen LogP contribution in [0.3, 0.4) is 0 Å². The van der Waals surface area contributed by atoms with Crippen LogP contribution in [-0.2, 0) is 0 Å². The van der Waals surface area contributed by atoms with Crippen molar-refractivity contribution in [2.75, 3.05) is 11.9 Å². The molecule has 126 valence electrons. The van der Waals surface area contributed by atoms with E-state index in [9.17, 15) is 10.1 Å². The number of para-hydroxylation sites is 1. The summed E-state index contributed by atoms with van der Waals surface area (Å²) in [5.41, 5.74) is 3.27. The number of non-ortho nitro benzene ring substituents is 1. The number of nitrogens with zero attached hydrogens (tertiary/aromatic N) is 1. The van der Waals surface area contributed by atoms with E-state index >= 15 is 0 Å². The molecule has 24 heavy (non-hydrogen) atoms. The molecule has 0 bridgehead atoms. The van der Waals surface area contributed by atoms with E-state index in [2.05, 4.69) is 31.3 Å². The molecule has 0 aliphatic carbocycles. The molecule has 4 nitrogen and oxygen atoms in total. The van der Waals surface area contributed by atoms with Crippen LogP contribution in [0.2, 0.25) is 0 Å². The van der Waals surface area contributed by atoms with Gasteiger partial charge in [0.1, 0.15) is 0 Å². The van der Waals surface area contributed by atoms with E-state index < -0.39 is 0 Å². The minimum atomic E-state index is -0.385. The Morgan fingerprint density at radius 1 is 1.08 bits per heavy atom. The van der Waals surface area contributed by atoms with E-state index in [0.29, 0.717) is 0 Å². The Kier molecular flexibility index (Phi) is 6.55. The van der Waals surface area contributed by atoms with Crippen molar-refractivity contribution in [3.8, 4) is 0 Å². The molecule has 2 rings (SSSR count). The van der Waals surface area contributed by atoms with Crippen LogP contribution in [0.4, 0.5) is 11.4 Å². The maximum atomic E-state index is 10.7. The van der Waals surface area contributed by atoms with E-state index in [1.165, 1.54) is 18.6 Å². The molecule has 0 fully saturated rings. The molecule has 0 radical (unpaired) electrons. The summed E-state index contributed by atoms with van der Waals surface area (Å²) in [6.45, 7) is 5.43. The number of benzene rings is 2. The summed E-state index contributed by atoms with van der Waals surface area (Å²) in [5.74, 6) is 0.726. The van der Waals surface area contributed by atoms with Gasteiger partial charge in [-0.1, -0.05) is 44.2 Å². The number of nitro benzene ring substituents is 1. The van der Waals surface area contributed by atoms with Crippen molar-refractivity contribution in [3.05, 3.63) is 69.8 Å². The highest BCUT2D eigenvalue weighted by atomic mass is 16.6. The van der Waals surface area contributed by atoms with Gasteiger partial charge < -0.3 is 5.32 Å². The zero-order valence-electron chi connectivity index (χ0n) is 14.2. The van der Waals surface area contributed by atoms with E-state index in [1.807, 2.05) is 24.3 Å². The summed E-state index contributed by atoms with van der Waals surface area (Å²) < 4.78 is 0. The Morgan fingerprint density at radius 3 is 2.46 bits per heavy atom. The summed E-state index contributed by atoms with van der Waals surface area (Å²) >= 11 is 0. The van der Waals surface area contributed by atoms with E-state index in [4.69, 9.17) is 0 Å². The normalized spacial score (nSPS) is 11.1. The first-order valence-corrected chi connectivity index (χ1v) is 8.31. The third-order valence-corrected chi connectivity index (χ3v) is 3.79. The van der Waals surface area contributed by atoms with Gasteiger partial charge in [0.2, 0.25) is 0 Å². The third kappa shape index (κ3) is 5.54. The smallest absolute Gasteiger partial charge is 0.269 e. The molecule has 0 spiro atoms. The van der Waals surface area contributed by atoms with Gasteiger partial charge in [0.05, 0.1) is 4.92 Å². The van der Waals surface area contributed by atoms with E-state index in [1.54, 1.807) is 12.1 Å². The van der Waals surface area contributed by atoms with Crippen LogP contribution < -0.4 is 5.32 Å². The van der Waals surface area contributed by atoms with Crippen molar-refractivity contribution in [3.63, 3.8) is 0 Å². The van der Waals surface area contributed by atoms with Crippen molar-refractivity contribution in [2.24, 2.45) is 5.92 Å². The largest absolute Gasteiger partial charge is 0.385 e. The zero-order chi connectivity index (χ0) is 17.4. The molecule has 0 amide bonds. The number of anilines is 1. The highest BCUT2D eigenvalue weighted by molar-refractivity contribution is 5.76. The molecular formula is C20H24N2O2. The fraction of sp³-hybridized carbons (Fsp3) is 0.300. The minimum Gasteiger partial charge on any atom is -0.385 e. The Bertz CT molecular complexity index is 691. The van der Waals surface area contributed by atoms with Crippen LogP contribution >= 0.6 is 0 Å². The van der Waals surface area contributed by atoms with Crippen molar-refractivity contribution in [1.82, 2.24) is 0 Å². The number of nitro groups is 1. The lowest BCUT2D eigenvalue weighted by atomic mass is 10.1. The first-order chi connectivity index (χ1) is 11.6. The molecule has 2 aromatic carbocycles. The molecule has 0 aliphatic rings. The molecule has 1 N–H and O–H groups in total. The highest BCUT2D eigenvalue weighted by Gasteiger charge is 2.03. The van der Waals surface area contributed by atoms with Crippen LogP contribution in [-0.4, -0.2) is 11.5 Å². The summed E-state index contributed by atoms with van der Waals surface area (Å²) in [6.07, 6.45) is 6.37. The lowest BCUT2D eigenvalue weighted by molar-refractivity contribution is -0.384. The number of hydrogen-bond donors (Lipinski definition) is 1. The quantitative estimate of drug-likeness (QED) is 0.297. The lowest BCUT2D eigenvalue weighted by Gasteiger charge is -2.10. The molecule has 0 saturated heterocycles. The van der Waals surface area contributed by atoms with Crippen molar-refractivity contribution in [1.29, 1.82) is 0 Å². The van der Waals surface area contributed by atoms with E-state index in [0.717, 1.165) is 35.7 Å². The second-order valence-electron chi connectivity index (χ2n) is 6.23. The van der Waals surface area contributed by atoms with Gasteiger partial charge in [-0.05, 0) is 48.1 Å². The molecule has 0 saturated carbocycles. The first-order valence-electron chi connectivity index (χ1n) is 8.31. The van der Waals surface area contributed by atoms with Gasteiger partial charge in [-0.3, -0.25) is 10.1 Å². The van der Waals surface area contributed by atoms with Crippen molar-refractivity contribution in [2.45, 2.75) is 26.7 Å². The van der Waals surface area contributed by atoms with Crippen LogP contribution in [0.25, 0.3) is 12.2 Å². The Balaban J connectivity index is 2.02. The molecule has 0 unspecified atom stereocenters. The number of rotatable bonds is 8. The van der Waals surface area contributed by atoms with Crippen LogP contribution in [0.1, 0.15) is 37.8 Å². The maximum absolute atomic E-state index is 10.7. The maximum Gasteiger partial charge on any atom is 0.269 e. The number of nitrogens with one attached hydrogen (secondary N) is 1. The molecule has 2 aromatic rings. The van der Waals surface area contributed by atoms with Crippen LogP contribution in [0.15, 0.2) is 48.5 Å². The average Bonchev–Trinajstić information content (AvgIpc) is 2.58. The third-order valence-electron chi connectivity index (χ3n) is 3.79. The highest BCUT2D eigenvalue weighted by Crippen LogP contribution is 2.19. The molecule has 0 heterocycles. The summed E-state index contributed by atoms with van der Waals surface area (Å²) in [4.78, 5) is 10.3. The monoisotopic (exact) mass is 324 g/mol. The standard InChI is InChI=1S/C20H24N2O2/c1-16(2)6-5-15-21-20-8-4-3-7-18(20)12-9-17-10-13-19(14-11-17)22(23)24/h3-4,7-14,16,21H,5-6,15H2,1-2H3. The molecule has 0 aliphatic heterocycles. The number of hydrogen-bond acceptors (Lipinski definition) is 3. The summed E-state index contributed by atoms with van der Waals surface area (Å²) in [5, 5.41) is 14.2. The van der Waals surface area contributed by atoms with Crippen LogP contribution in [0, 0.1) is 16.0 Å². The lowest BCUT2D eigenvalue weighted by Crippen LogP contribution is -2.04. The van der Waals surface area contributed by atoms with Gasteiger partial charge in [-0.2, -0.15) is 0 Å². The molecule has 0 atom stereocenters. The molecule has 0 aromatic heterocycles. The SMILES string of the molecule is CC(C)CCCNc1ccccc1C=Cc1ccc([N+](=O)[O-])cc1. The fourth-order valence-corrected chi connectivity index (χ4v) is 2.43. The Labute approximate surface area is 143 Å². The second kappa shape index (κ2) is 8.87. The fourth-order valence-electron chi connectivity index (χ4n) is 2.43. The van der Waals surface area contributed by atoms with Gasteiger partial charge >= 0.3 is 0 Å². The van der Waals surface area contributed by atoms with Crippen molar-refractivity contribution >= 4 is 23.5 Å². The van der Waals surface area contributed by atoms with Gasteiger partial charge in [-0.15, -0.1) is 0 Å². The van der Waals surface area contributed by atoms with Gasteiger partial charge in [-0.25, -0.2) is 0 Å². The second-order valence-corrected chi connectivity index (χ2v) is 6.23. The predicted octanol–water partition coefficient (Wildman–Crippen LogP) is 5.61. The van der Waals surface area contributed by atoms with Crippen molar-refractivity contribution < 1.29 is 4.92 Å². The molecule has 4 heteroatoms. The summed E-state index contributed by atoms with van der Waals surface area (Å²) in [6, 6.07) is 14.7. The molecular weight excluding hydrogens is 300 g/mol. The van der Waals surface area contributed by atoms with Gasteiger partial charge in [0, 0.05) is 24.4 Å². The van der Waals surface area contributed by atoms with Crippen LogP contribution in [0.5, 0.6) is 0 Å².